The van der Waals surface area contributed by atoms with Crippen LogP contribution in [0, 0.1) is 5.82 Å². The number of ketones is 1. The van der Waals surface area contributed by atoms with Crippen molar-refractivity contribution in [2.45, 2.75) is 0 Å². The smallest absolute Gasteiger partial charge is 0.335 e. The molecular weight excluding hydrogens is 416 g/mol. The van der Waals surface area contributed by atoms with Gasteiger partial charge in [-0.3, -0.25) is 4.79 Å². The molecule has 4 nitrogen and oxygen atoms in total. The Labute approximate surface area is 176 Å². The number of carbonyl (C=O) groups excluding carboxylic acids is 1. The molecule has 0 saturated carbocycles. The van der Waals surface area contributed by atoms with Crippen molar-refractivity contribution in [2.75, 3.05) is 5.32 Å². The number of hydrogen-bond acceptors (Lipinski definition) is 3. The van der Waals surface area contributed by atoms with E-state index in [0.29, 0.717) is 11.3 Å². The van der Waals surface area contributed by atoms with Crippen molar-refractivity contribution in [3.8, 4) is 0 Å². The molecular formula is C22H14Cl2FNO3. The Bertz CT molecular complexity index is 1120. The lowest BCUT2D eigenvalue weighted by atomic mass is 9.96. The first-order chi connectivity index (χ1) is 13.8. The largest absolute Gasteiger partial charge is 0.478 e. The van der Waals surface area contributed by atoms with Crippen molar-refractivity contribution in [1.82, 2.24) is 0 Å². The Kier molecular flexibility index (Phi) is 6.01. The van der Waals surface area contributed by atoms with Gasteiger partial charge < -0.3 is 10.4 Å². The molecule has 0 unspecified atom stereocenters. The summed E-state index contributed by atoms with van der Waals surface area (Å²) in [5.74, 6) is -2.44. The molecule has 0 aliphatic rings. The lowest BCUT2D eigenvalue weighted by molar-refractivity contribution is 0.0696. The number of hydrogen-bond donors (Lipinski definition) is 2. The van der Waals surface area contributed by atoms with E-state index in [1.165, 1.54) is 12.1 Å². The predicted octanol–water partition coefficient (Wildman–Crippen LogP) is 6.47. The molecule has 7 heteroatoms. The SMILES string of the molecule is C=C(C(=O)c1c(Cl)cccc1Cl)c1ccccc1Nc1ccc(C(=O)O)cc1F. The van der Waals surface area contributed by atoms with Crippen LogP contribution in [0.2, 0.25) is 10.0 Å². The maximum Gasteiger partial charge on any atom is 0.335 e. The normalized spacial score (nSPS) is 10.4. The highest BCUT2D eigenvalue weighted by atomic mass is 35.5. The summed E-state index contributed by atoms with van der Waals surface area (Å²) in [5.41, 5.74) is 0.970. The van der Waals surface area contributed by atoms with E-state index in [4.69, 9.17) is 28.3 Å². The number of para-hydroxylation sites is 1. The summed E-state index contributed by atoms with van der Waals surface area (Å²) < 4.78 is 14.3. The summed E-state index contributed by atoms with van der Waals surface area (Å²) in [6.45, 7) is 3.87. The van der Waals surface area contributed by atoms with Crippen LogP contribution in [-0.4, -0.2) is 16.9 Å². The highest BCUT2D eigenvalue weighted by Gasteiger charge is 2.21. The zero-order valence-corrected chi connectivity index (χ0v) is 16.4. The Balaban J connectivity index is 1.96. The van der Waals surface area contributed by atoms with Crippen LogP contribution < -0.4 is 5.32 Å². The van der Waals surface area contributed by atoms with E-state index in [-0.39, 0.29) is 32.4 Å². The number of carboxylic acid groups (broad SMARTS) is 1. The van der Waals surface area contributed by atoms with Crippen molar-refractivity contribution < 1.29 is 19.1 Å². The molecule has 146 valence electrons. The fraction of sp³-hybridized carbons (Fsp3) is 0. The van der Waals surface area contributed by atoms with Crippen molar-refractivity contribution in [2.24, 2.45) is 0 Å². The molecule has 0 aromatic heterocycles. The number of Topliss-reactive ketones (excluding diaryl/α,β-unsaturated/α-hetero) is 1. The molecule has 0 radical (unpaired) electrons. The van der Waals surface area contributed by atoms with E-state index < -0.39 is 17.6 Å². The van der Waals surface area contributed by atoms with Gasteiger partial charge >= 0.3 is 5.97 Å². The van der Waals surface area contributed by atoms with Crippen LogP contribution in [0.5, 0.6) is 0 Å². The first-order valence-electron chi connectivity index (χ1n) is 8.36. The monoisotopic (exact) mass is 429 g/mol. The highest BCUT2D eigenvalue weighted by Crippen LogP contribution is 2.33. The Morgan fingerprint density at radius 3 is 2.21 bits per heavy atom. The van der Waals surface area contributed by atoms with E-state index in [9.17, 15) is 14.0 Å². The van der Waals surface area contributed by atoms with Gasteiger partial charge in [0.1, 0.15) is 5.82 Å². The van der Waals surface area contributed by atoms with Gasteiger partial charge in [0.05, 0.1) is 26.9 Å². The zero-order valence-electron chi connectivity index (χ0n) is 14.9. The summed E-state index contributed by atoms with van der Waals surface area (Å²) in [5, 5.41) is 12.2. The molecule has 3 aromatic carbocycles. The lowest BCUT2D eigenvalue weighted by Crippen LogP contribution is -2.06. The molecule has 2 N–H and O–H groups in total. The van der Waals surface area contributed by atoms with Crippen molar-refractivity contribution in [3.63, 3.8) is 0 Å². The third-order valence-electron chi connectivity index (χ3n) is 4.20. The van der Waals surface area contributed by atoms with E-state index in [2.05, 4.69) is 11.9 Å². The van der Waals surface area contributed by atoms with E-state index in [0.717, 1.165) is 6.07 Å². The van der Waals surface area contributed by atoms with Gasteiger partial charge in [0.15, 0.2) is 5.78 Å². The number of carboxylic acids is 1. The van der Waals surface area contributed by atoms with Crippen LogP contribution in [0.15, 0.2) is 67.2 Å². The number of aromatic carboxylic acids is 1. The van der Waals surface area contributed by atoms with Crippen molar-refractivity contribution in [3.05, 3.63) is 99.8 Å². The summed E-state index contributed by atoms with van der Waals surface area (Å²) in [7, 11) is 0. The number of halogens is 3. The summed E-state index contributed by atoms with van der Waals surface area (Å²) in [4.78, 5) is 23.9. The number of rotatable bonds is 6. The Morgan fingerprint density at radius 1 is 0.931 bits per heavy atom. The molecule has 0 saturated heterocycles. The van der Waals surface area contributed by atoms with Gasteiger partial charge in [-0.1, -0.05) is 54.0 Å². The Morgan fingerprint density at radius 2 is 1.59 bits per heavy atom. The maximum atomic E-state index is 14.3. The van der Waals surface area contributed by atoms with Crippen LogP contribution in [0.25, 0.3) is 5.57 Å². The minimum atomic E-state index is -1.23. The molecule has 29 heavy (non-hydrogen) atoms. The van der Waals surface area contributed by atoms with E-state index in [1.54, 1.807) is 42.5 Å². The quantitative estimate of drug-likeness (QED) is 0.348. The van der Waals surface area contributed by atoms with Crippen LogP contribution in [0.1, 0.15) is 26.3 Å². The number of benzene rings is 3. The number of carbonyl (C=O) groups is 2. The molecule has 3 aromatic rings. The number of anilines is 2. The topological polar surface area (TPSA) is 66.4 Å². The Hall–Kier alpha value is -3.15. The van der Waals surface area contributed by atoms with E-state index in [1.807, 2.05) is 0 Å². The van der Waals surface area contributed by atoms with Crippen molar-refractivity contribution in [1.29, 1.82) is 0 Å². The fourth-order valence-electron chi connectivity index (χ4n) is 2.74. The average molecular weight is 430 g/mol. The van der Waals surface area contributed by atoms with Crippen molar-refractivity contribution >= 4 is 51.9 Å². The number of allylic oxidation sites excluding steroid dienone is 1. The average Bonchev–Trinajstić information content (AvgIpc) is 2.69. The number of nitrogens with one attached hydrogen (secondary N) is 1. The molecule has 0 atom stereocenters. The van der Waals surface area contributed by atoms with Gasteiger partial charge in [-0.2, -0.15) is 0 Å². The molecule has 0 aliphatic heterocycles. The zero-order chi connectivity index (χ0) is 21.1. The summed E-state index contributed by atoms with van der Waals surface area (Å²) in [6.07, 6.45) is 0. The molecule has 0 fully saturated rings. The van der Waals surface area contributed by atoms with E-state index >= 15 is 0 Å². The molecule has 0 amide bonds. The summed E-state index contributed by atoms with van der Waals surface area (Å²) >= 11 is 12.3. The minimum Gasteiger partial charge on any atom is -0.478 e. The van der Waals surface area contributed by atoms with Gasteiger partial charge in [-0.25, -0.2) is 9.18 Å². The van der Waals surface area contributed by atoms with Gasteiger partial charge in [0.2, 0.25) is 0 Å². The van der Waals surface area contributed by atoms with Gasteiger partial charge in [0.25, 0.3) is 0 Å². The first-order valence-corrected chi connectivity index (χ1v) is 9.12. The molecule has 0 bridgehead atoms. The lowest BCUT2D eigenvalue weighted by Gasteiger charge is -2.15. The minimum absolute atomic E-state index is 0.0541. The second-order valence-corrected chi connectivity index (χ2v) is 6.89. The third kappa shape index (κ3) is 4.31. The van der Waals surface area contributed by atoms with Crippen LogP contribution in [0.4, 0.5) is 15.8 Å². The first kappa shape index (κ1) is 20.6. The standard InChI is InChI=1S/C22H14Cl2FNO3/c1-12(21(27)20-15(23)6-4-7-16(20)24)14-5-2-3-8-18(14)26-19-10-9-13(22(28)29)11-17(19)25/h2-11,26H,1H2,(H,28,29). The summed E-state index contributed by atoms with van der Waals surface area (Å²) in [6, 6.07) is 14.9. The van der Waals surface area contributed by atoms with Gasteiger partial charge in [0, 0.05) is 16.8 Å². The third-order valence-corrected chi connectivity index (χ3v) is 4.83. The molecule has 0 aliphatic carbocycles. The van der Waals surface area contributed by atoms with Gasteiger partial charge in [-0.15, -0.1) is 0 Å². The van der Waals surface area contributed by atoms with Crippen LogP contribution >= 0.6 is 23.2 Å². The second-order valence-electron chi connectivity index (χ2n) is 6.07. The molecule has 3 rings (SSSR count). The fourth-order valence-corrected chi connectivity index (χ4v) is 3.31. The highest BCUT2D eigenvalue weighted by molar-refractivity contribution is 6.44. The molecule has 0 spiro atoms. The van der Waals surface area contributed by atoms with Crippen LogP contribution in [-0.2, 0) is 0 Å². The van der Waals surface area contributed by atoms with Crippen LogP contribution in [0.3, 0.4) is 0 Å². The molecule has 0 heterocycles. The van der Waals surface area contributed by atoms with Gasteiger partial charge in [-0.05, 0) is 36.4 Å². The predicted molar refractivity (Wildman–Crippen MR) is 113 cm³/mol. The second kappa shape index (κ2) is 8.47. The maximum absolute atomic E-state index is 14.3.